The third-order valence-electron chi connectivity index (χ3n) is 5.20. The van der Waals surface area contributed by atoms with Crippen molar-refractivity contribution in [2.75, 3.05) is 41.8 Å². The molecule has 8 heteroatoms. The predicted molar refractivity (Wildman–Crippen MR) is 129 cm³/mol. The van der Waals surface area contributed by atoms with Crippen LogP contribution >= 0.6 is 11.3 Å². The van der Waals surface area contributed by atoms with Crippen LogP contribution in [0.5, 0.6) is 0 Å². The number of hydrogen-bond donors (Lipinski definition) is 2. The SMILES string of the molecule is Cc1cc(Nc2ccc(NC(=O)c3cc4ccccc4s3)cc2)nc(N2CCOCC2)n1. The smallest absolute Gasteiger partial charge is 0.265 e. The molecule has 3 heterocycles. The van der Waals surface area contributed by atoms with Gasteiger partial charge in [0.05, 0.1) is 18.1 Å². The molecule has 0 unspecified atom stereocenters. The molecule has 0 saturated carbocycles. The maximum absolute atomic E-state index is 12.6. The number of rotatable bonds is 5. The minimum absolute atomic E-state index is 0.103. The van der Waals surface area contributed by atoms with Gasteiger partial charge < -0.3 is 20.3 Å². The molecule has 2 N–H and O–H groups in total. The van der Waals surface area contributed by atoms with Crippen LogP contribution in [0.3, 0.4) is 0 Å². The highest BCUT2D eigenvalue weighted by Gasteiger charge is 2.15. The van der Waals surface area contributed by atoms with Gasteiger partial charge in [0.2, 0.25) is 5.95 Å². The largest absolute Gasteiger partial charge is 0.378 e. The summed E-state index contributed by atoms with van der Waals surface area (Å²) < 4.78 is 6.52. The second-order valence-corrected chi connectivity index (χ2v) is 8.68. The van der Waals surface area contributed by atoms with Crippen molar-refractivity contribution in [3.8, 4) is 0 Å². The van der Waals surface area contributed by atoms with E-state index in [2.05, 4.69) is 25.5 Å². The number of benzene rings is 2. The molecule has 7 nitrogen and oxygen atoms in total. The van der Waals surface area contributed by atoms with Gasteiger partial charge in [0.15, 0.2) is 0 Å². The molecule has 0 radical (unpaired) electrons. The zero-order valence-electron chi connectivity index (χ0n) is 17.7. The quantitative estimate of drug-likeness (QED) is 0.458. The Balaban J connectivity index is 1.26. The molecule has 0 atom stereocenters. The Hall–Kier alpha value is -3.49. The molecular weight excluding hydrogens is 422 g/mol. The molecule has 4 aromatic rings. The first-order chi connectivity index (χ1) is 15.6. The van der Waals surface area contributed by atoms with Crippen LogP contribution in [-0.2, 0) is 4.74 Å². The molecule has 32 heavy (non-hydrogen) atoms. The highest BCUT2D eigenvalue weighted by atomic mass is 32.1. The van der Waals surface area contributed by atoms with Gasteiger partial charge in [0.1, 0.15) is 5.82 Å². The summed E-state index contributed by atoms with van der Waals surface area (Å²) in [6.45, 7) is 4.92. The summed E-state index contributed by atoms with van der Waals surface area (Å²) in [6.07, 6.45) is 0. The first kappa shape index (κ1) is 20.4. The topological polar surface area (TPSA) is 79.4 Å². The summed E-state index contributed by atoms with van der Waals surface area (Å²) in [5.41, 5.74) is 2.53. The highest BCUT2D eigenvalue weighted by molar-refractivity contribution is 7.20. The van der Waals surface area contributed by atoms with Gasteiger partial charge in [-0.3, -0.25) is 4.79 Å². The lowest BCUT2D eigenvalue weighted by Crippen LogP contribution is -2.37. The Morgan fingerprint density at radius 2 is 1.75 bits per heavy atom. The van der Waals surface area contributed by atoms with Gasteiger partial charge in [0.25, 0.3) is 5.91 Å². The maximum atomic E-state index is 12.6. The van der Waals surface area contributed by atoms with Gasteiger partial charge in [-0.2, -0.15) is 4.98 Å². The Kier molecular flexibility index (Phi) is 5.70. The number of aryl methyl sites for hydroxylation is 1. The van der Waals surface area contributed by atoms with Gasteiger partial charge in [0, 0.05) is 40.9 Å². The second kappa shape index (κ2) is 8.94. The fourth-order valence-corrected chi connectivity index (χ4v) is 4.55. The molecule has 1 aliphatic heterocycles. The standard InChI is InChI=1S/C24H23N5O2S/c1-16-14-22(28-24(25-16)29-10-12-31-13-11-29)26-18-6-8-19(9-7-18)27-23(30)21-15-17-4-2-3-5-20(17)32-21/h2-9,14-15H,10-13H2,1H3,(H,27,30)(H,25,26,28). The number of hydrogen-bond acceptors (Lipinski definition) is 7. The van der Waals surface area contributed by atoms with E-state index >= 15 is 0 Å². The number of nitrogens with zero attached hydrogens (tertiary/aromatic N) is 3. The van der Waals surface area contributed by atoms with E-state index < -0.39 is 0 Å². The van der Waals surface area contributed by atoms with E-state index in [0.717, 1.165) is 46.1 Å². The van der Waals surface area contributed by atoms with Crippen LogP contribution in [-0.4, -0.2) is 42.2 Å². The Bertz CT molecular complexity index is 1220. The fraction of sp³-hybridized carbons (Fsp3) is 0.208. The molecule has 2 aromatic carbocycles. The summed E-state index contributed by atoms with van der Waals surface area (Å²) in [5.74, 6) is 1.34. The van der Waals surface area contributed by atoms with Crippen LogP contribution in [0.15, 0.2) is 60.7 Å². The Labute approximate surface area is 190 Å². The molecule has 0 aliphatic carbocycles. The molecular formula is C24H23N5O2S. The Morgan fingerprint density at radius 3 is 2.53 bits per heavy atom. The summed E-state index contributed by atoms with van der Waals surface area (Å²) >= 11 is 1.49. The highest BCUT2D eigenvalue weighted by Crippen LogP contribution is 2.26. The van der Waals surface area contributed by atoms with Crippen LogP contribution in [0, 0.1) is 6.92 Å². The average Bonchev–Trinajstić information content (AvgIpc) is 3.25. The monoisotopic (exact) mass is 445 g/mol. The van der Waals surface area contributed by atoms with Crippen LogP contribution in [0.4, 0.5) is 23.1 Å². The normalized spacial score (nSPS) is 13.8. The fourth-order valence-electron chi connectivity index (χ4n) is 3.59. The lowest BCUT2D eigenvalue weighted by atomic mass is 10.2. The van der Waals surface area contributed by atoms with Crippen molar-refractivity contribution in [1.29, 1.82) is 0 Å². The van der Waals surface area contributed by atoms with Crippen LogP contribution < -0.4 is 15.5 Å². The predicted octanol–water partition coefficient (Wildman–Crippen LogP) is 4.83. The molecule has 1 amide bonds. The number of ether oxygens (including phenoxy) is 1. The molecule has 1 fully saturated rings. The van der Waals surface area contributed by atoms with E-state index in [1.54, 1.807) is 0 Å². The van der Waals surface area contributed by atoms with E-state index in [0.29, 0.717) is 24.0 Å². The summed E-state index contributed by atoms with van der Waals surface area (Å²) in [5, 5.41) is 7.39. The zero-order chi connectivity index (χ0) is 21.9. The maximum Gasteiger partial charge on any atom is 0.265 e. The number of aromatic nitrogens is 2. The van der Waals surface area contributed by atoms with Gasteiger partial charge in [-0.05, 0) is 48.7 Å². The first-order valence-corrected chi connectivity index (χ1v) is 11.3. The van der Waals surface area contributed by atoms with E-state index in [1.807, 2.05) is 67.6 Å². The zero-order valence-corrected chi connectivity index (χ0v) is 18.5. The molecule has 162 valence electrons. The number of carbonyl (C=O) groups excluding carboxylic acids is 1. The van der Waals surface area contributed by atoms with Crippen molar-refractivity contribution in [3.63, 3.8) is 0 Å². The number of fused-ring (bicyclic) bond motifs is 1. The van der Waals surface area contributed by atoms with E-state index in [9.17, 15) is 4.79 Å². The van der Waals surface area contributed by atoms with Crippen LogP contribution in [0.1, 0.15) is 15.4 Å². The average molecular weight is 446 g/mol. The third-order valence-corrected chi connectivity index (χ3v) is 6.32. The summed E-state index contributed by atoms with van der Waals surface area (Å²) in [7, 11) is 0. The first-order valence-electron chi connectivity index (χ1n) is 10.5. The number of amides is 1. The van der Waals surface area contributed by atoms with E-state index in [1.165, 1.54) is 11.3 Å². The van der Waals surface area contributed by atoms with Gasteiger partial charge >= 0.3 is 0 Å². The molecule has 0 spiro atoms. The molecule has 1 saturated heterocycles. The summed E-state index contributed by atoms with van der Waals surface area (Å²) in [6, 6.07) is 19.4. The van der Waals surface area contributed by atoms with Gasteiger partial charge in [-0.15, -0.1) is 11.3 Å². The van der Waals surface area contributed by atoms with Crippen molar-refractivity contribution < 1.29 is 9.53 Å². The van der Waals surface area contributed by atoms with Crippen molar-refractivity contribution in [2.24, 2.45) is 0 Å². The van der Waals surface area contributed by atoms with Crippen molar-refractivity contribution in [1.82, 2.24) is 9.97 Å². The Morgan fingerprint density at radius 1 is 1.00 bits per heavy atom. The molecule has 1 aliphatic rings. The van der Waals surface area contributed by atoms with Gasteiger partial charge in [-0.1, -0.05) is 18.2 Å². The number of thiophene rings is 1. The third kappa shape index (κ3) is 4.56. The minimum atomic E-state index is -0.103. The number of anilines is 4. The molecule has 0 bridgehead atoms. The van der Waals surface area contributed by atoms with Crippen molar-refractivity contribution in [2.45, 2.75) is 6.92 Å². The lowest BCUT2D eigenvalue weighted by Gasteiger charge is -2.27. The van der Waals surface area contributed by atoms with Crippen LogP contribution in [0.2, 0.25) is 0 Å². The summed E-state index contributed by atoms with van der Waals surface area (Å²) in [4.78, 5) is 24.7. The van der Waals surface area contributed by atoms with Crippen molar-refractivity contribution in [3.05, 3.63) is 71.2 Å². The van der Waals surface area contributed by atoms with E-state index in [-0.39, 0.29) is 5.91 Å². The van der Waals surface area contributed by atoms with Gasteiger partial charge in [-0.25, -0.2) is 4.98 Å². The van der Waals surface area contributed by atoms with E-state index in [4.69, 9.17) is 4.74 Å². The number of carbonyl (C=O) groups is 1. The van der Waals surface area contributed by atoms with Crippen LogP contribution in [0.25, 0.3) is 10.1 Å². The lowest BCUT2D eigenvalue weighted by molar-refractivity contribution is 0.103. The number of nitrogens with one attached hydrogen (secondary N) is 2. The second-order valence-electron chi connectivity index (χ2n) is 7.60. The molecule has 2 aromatic heterocycles. The van der Waals surface area contributed by atoms with Crippen molar-refractivity contribution >= 4 is 50.5 Å². The molecule has 5 rings (SSSR count). The number of morpholine rings is 1. The minimum Gasteiger partial charge on any atom is -0.378 e.